The summed E-state index contributed by atoms with van der Waals surface area (Å²) in [5, 5.41) is 8.79. The van der Waals surface area contributed by atoms with Gasteiger partial charge < -0.3 is 37.2 Å². The smallest absolute Gasteiger partial charge is 1.00 e. The predicted octanol–water partition coefficient (Wildman–Crippen LogP) is -0.599. The molecule has 0 saturated carbocycles. The molecular formula is C41H39Cl3IrP3. The van der Waals surface area contributed by atoms with Gasteiger partial charge in [-0.2, -0.15) is 0 Å². The molecule has 0 aliphatic rings. The molecule has 7 heteroatoms. The zero-order valence-corrected chi connectivity index (χ0v) is 34.1. The first-order valence-corrected chi connectivity index (χ1v) is 19.9. The molecule has 0 radical (unpaired) electrons. The summed E-state index contributed by atoms with van der Waals surface area (Å²) in [5.74, 6) is 0. The SMILES string of the molecule is CC(CP(c1ccccc1)c1ccccc1)(CP(c1ccccc1)c1ccccc1)CP(c1ccccc1)c1ccccc1.[Cl-].[Cl-].[Cl-].[Ir+3]. The van der Waals surface area contributed by atoms with Gasteiger partial charge in [0.25, 0.3) is 0 Å². The van der Waals surface area contributed by atoms with Crippen molar-refractivity contribution in [3.63, 3.8) is 0 Å². The fraction of sp³-hybridized carbons (Fsp3) is 0.122. The second-order valence-corrected chi connectivity index (χ2v) is 18.2. The van der Waals surface area contributed by atoms with Gasteiger partial charge >= 0.3 is 20.1 Å². The molecule has 0 atom stereocenters. The maximum Gasteiger partial charge on any atom is 3.00 e. The van der Waals surface area contributed by atoms with Crippen LogP contribution in [-0.2, 0) is 20.1 Å². The Labute approximate surface area is 323 Å². The monoisotopic (exact) mass is 922 g/mol. The zero-order valence-electron chi connectivity index (χ0n) is 26.8. The van der Waals surface area contributed by atoms with Gasteiger partial charge in [0.15, 0.2) is 0 Å². The minimum Gasteiger partial charge on any atom is -1.00 e. The van der Waals surface area contributed by atoms with Gasteiger partial charge in [0.2, 0.25) is 0 Å². The van der Waals surface area contributed by atoms with Crippen molar-refractivity contribution in [3.05, 3.63) is 182 Å². The Morgan fingerprint density at radius 2 is 0.458 bits per heavy atom. The molecule has 48 heavy (non-hydrogen) atoms. The van der Waals surface area contributed by atoms with Crippen LogP contribution in [0.5, 0.6) is 0 Å². The fourth-order valence-electron chi connectivity index (χ4n) is 5.94. The summed E-state index contributed by atoms with van der Waals surface area (Å²) in [4.78, 5) is 0. The Morgan fingerprint density at radius 3 is 0.604 bits per heavy atom. The summed E-state index contributed by atoms with van der Waals surface area (Å²) >= 11 is 0. The van der Waals surface area contributed by atoms with Crippen LogP contribution in [0.1, 0.15) is 6.92 Å². The molecule has 0 spiro atoms. The van der Waals surface area contributed by atoms with Crippen LogP contribution < -0.4 is 69.0 Å². The Hall–Kier alpha value is -1.87. The number of halogens is 3. The third kappa shape index (κ3) is 11.3. The van der Waals surface area contributed by atoms with Crippen molar-refractivity contribution in [2.24, 2.45) is 5.41 Å². The van der Waals surface area contributed by atoms with Crippen LogP contribution in [0.2, 0.25) is 0 Å². The molecular weight excluding hydrogens is 884 g/mol. The Morgan fingerprint density at radius 1 is 0.312 bits per heavy atom. The quantitative estimate of drug-likeness (QED) is 0.144. The van der Waals surface area contributed by atoms with E-state index in [1.165, 1.54) is 31.8 Å². The van der Waals surface area contributed by atoms with Gasteiger partial charge in [-0.1, -0.05) is 189 Å². The van der Waals surface area contributed by atoms with E-state index in [-0.39, 0.29) is 62.7 Å². The van der Waals surface area contributed by atoms with Crippen LogP contribution >= 0.6 is 23.8 Å². The van der Waals surface area contributed by atoms with Crippen molar-refractivity contribution < 1.29 is 57.3 Å². The van der Waals surface area contributed by atoms with E-state index in [9.17, 15) is 0 Å². The predicted molar refractivity (Wildman–Crippen MR) is 200 cm³/mol. The van der Waals surface area contributed by atoms with E-state index >= 15 is 0 Å². The number of rotatable bonds is 12. The van der Waals surface area contributed by atoms with E-state index in [1.807, 2.05) is 0 Å². The summed E-state index contributed by atoms with van der Waals surface area (Å²) < 4.78 is 0. The number of hydrogen-bond acceptors (Lipinski definition) is 0. The molecule has 0 heterocycles. The molecule has 0 unspecified atom stereocenters. The van der Waals surface area contributed by atoms with E-state index in [1.54, 1.807) is 0 Å². The van der Waals surface area contributed by atoms with Gasteiger partial charge in [-0.25, -0.2) is 0 Å². The third-order valence-electron chi connectivity index (χ3n) is 8.03. The van der Waals surface area contributed by atoms with Crippen molar-refractivity contribution in [3.8, 4) is 0 Å². The summed E-state index contributed by atoms with van der Waals surface area (Å²) in [6.45, 7) is 2.61. The molecule has 0 nitrogen and oxygen atoms in total. The first kappa shape index (κ1) is 42.3. The molecule has 0 N–H and O–H groups in total. The van der Waals surface area contributed by atoms with Gasteiger partial charge in [0, 0.05) is 0 Å². The minimum atomic E-state index is -0.555. The first-order valence-electron chi connectivity index (χ1n) is 15.3. The number of hydrogen-bond donors (Lipinski definition) is 0. The van der Waals surface area contributed by atoms with Gasteiger partial charge in [0.05, 0.1) is 0 Å². The van der Waals surface area contributed by atoms with E-state index in [0.29, 0.717) is 0 Å². The maximum absolute atomic E-state index is 2.61. The van der Waals surface area contributed by atoms with Crippen LogP contribution in [0.4, 0.5) is 0 Å². The summed E-state index contributed by atoms with van der Waals surface area (Å²) in [7, 11) is -1.66. The molecule has 0 aliphatic heterocycles. The van der Waals surface area contributed by atoms with Crippen LogP contribution in [0.3, 0.4) is 0 Å². The topological polar surface area (TPSA) is 0 Å². The molecule has 0 aromatic heterocycles. The van der Waals surface area contributed by atoms with E-state index in [4.69, 9.17) is 0 Å². The first-order chi connectivity index (χ1) is 21.7. The molecule has 248 valence electrons. The van der Waals surface area contributed by atoms with E-state index in [2.05, 4.69) is 189 Å². The molecule has 0 bridgehead atoms. The van der Waals surface area contributed by atoms with E-state index < -0.39 is 23.8 Å². The van der Waals surface area contributed by atoms with Crippen molar-refractivity contribution in [1.29, 1.82) is 0 Å². The van der Waals surface area contributed by atoms with Crippen molar-refractivity contribution in [1.82, 2.24) is 0 Å². The Balaban J connectivity index is 0.00000200. The molecule has 6 rings (SSSR count). The van der Waals surface area contributed by atoms with Crippen molar-refractivity contribution >= 4 is 55.6 Å². The number of benzene rings is 6. The summed E-state index contributed by atoms with van der Waals surface area (Å²) in [6, 6.07) is 67.7. The summed E-state index contributed by atoms with van der Waals surface area (Å²) in [5.41, 5.74) is 0.0756. The third-order valence-corrected chi connectivity index (χ3v) is 16.8. The van der Waals surface area contributed by atoms with Crippen molar-refractivity contribution in [2.45, 2.75) is 6.92 Å². The molecule has 6 aromatic carbocycles. The molecule has 0 amide bonds. The van der Waals surface area contributed by atoms with Gasteiger partial charge in [0.1, 0.15) is 0 Å². The largest absolute Gasteiger partial charge is 3.00 e. The zero-order chi connectivity index (χ0) is 30.0. The van der Waals surface area contributed by atoms with Crippen LogP contribution in [0.25, 0.3) is 0 Å². The molecule has 0 fully saturated rings. The normalized spacial score (nSPS) is 10.8. The van der Waals surface area contributed by atoms with Gasteiger partial charge in [-0.05, 0) is 79.5 Å². The van der Waals surface area contributed by atoms with Crippen molar-refractivity contribution in [2.75, 3.05) is 18.5 Å². The second-order valence-electron chi connectivity index (χ2n) is 11.6. The van der Waals surface area contributed by atoms with Crippen LogP contribution in [-0.4, -0.2) is 18.5 Å². The average molecular weight is 923 g/mol. The Kier molecular flexibility index (Phi) is 18.8. The maximum atomic E-state index is 2.61. The molecule has 6 aromatic rings. The van der Waals surface area contributed by atoms with E-state index in [0.717, 1.165) is 18.5 Å². The molecule has 0 aliphatic carbocycles. The Bertz CT molecular complexity index is 1380. The fourth-order valence-corrected chi connectivity index (χ4v) is 14.6. The van der Waals surface area contributed by atoms with Crippen LogP contribution in [0, 0.1) is 5.41 Å². The van der Waals surface area contributed by atoms with Crippen LogP contribution in [0.15, 0.2) is 182 Å². The second kappa shape index (κ2) is 21.4. The standard InChI is InChI=1S/C41H39P3.3ClH.Ir/c1-41(32-42(35-20-8-2-9-21-35)36-22-10-3-11-23-36,33-43(37-24-12-4-13-25-37)38-26-14-5-15-27-38)34-44(39-28-16-6-17-29-39)40-30-18-7-19-31-40;;;;/h2-31H,32-34H2,1H3;3*1H;/q;;;;+3/p-3. The minimum absolute atomic E-state index is 0. The molecule has 0 saturated heterocycles. The van der Waals surface area contributed by atoms with Gasteiger partial charge in [-0.15, -0.1) is 0 Å². The average Bonchev–Trinajstić information content (AvgIpc) is 3.11. The van der Waals surface area contributed by atoms with Gasteiger partial charge in [-0.3, -0.25) is 0 Å². The summed E-state index contributed by atoms with van der Waals surface area (Å²) in [6.07, 6.45) is 3.44.